The van der Waals surface area contributed by atoms with Crippen molar-refractivity contribution in [3.05, 3.63) is 0 Å². The molecule has 18 heavy (non-hydrogen) atoms. The summed E-state index contributed by atoms with van der Waals surface area (Å²) in [6.45, 7) is 8.05. The molecular formula is C12H22N2O4. The molecule has 6 heteroatoms. The number of rotatable bonds is 4. The first-order chi connectivity index (χ1) is 8.22. The summed E-state index contributed by atoms with van der Waals surface area (Å²) in [5, 5.41) is 11.7. The molecule has 1 aliphatic rings. The number of ether oxygens (including phenoxy) is 1. The van der Waals surface area contributed by atoms with Gasteiger partial charge < -0.3 is 14.7 Å². The Bertz CT molecular complexity index is 320. The van der Waals surface area contributed by atoms with Crippen molar-refractivity contribution in [3.8, 4) is 0 Å². The molecule has 0 aliphatic carbocycles. The number of morpholine rings is 1. The maximum atomic E-state index is 12.0. The summed E-state index contributed by atoms with van der Waals surface area (Å²) in [7, 11) is 0. The Labute approximate surface area is 107 Å². The third-order valence-electron chi connectivity index (χ3n) is 2.99. The summed E-state index contributed by atoms with van der Waals surface area (Å²) in [5.74, 6) is -1.06. The molecule has 1 heterocycles. The molecule has 0 aromatic rings. The van der Waals surface area contributed by atoms with Gasteiger partial charge in [0.15, 0.2) is 0 Å². The minimum Gasteiger partial charge on any atom is -0.480 e. The molecule has 0 saturated carbocycles. The molecule has 2 N–H and O–H groups in total. The van der Waals surface area contributed by atoms with Crippen molar-refractivity contribution < 1.29 is 19.4 Å². The lowest BCUT2D eigenvalue weighted by atomic mass is 10.1. The van der Waals surface area contributed by atoms with Crippen LogP contribution in [0, 0.1) is 0 Å². The molecule has 2 atom stereocenters. The van der Waals surface area contributed by atoms with Crippen LogP contribution in [-0.2, 0) is 14.3 Å². The summed E-state index contributed by atoms with van der Waals surface area (Å²) in [6, 6.07) is 0. The van der Waals surface area contributed by atoms with E-state index in [-0.39, 0.29) is 24.7 Å². The normalized spacial score (nSPS) is 25.0. The molecule has 6 nitrogen and oxygen atoms in total. The lowest BCUT2D eigenvalue weighted by molar-refractivity contribution is -0.145. The second kappa shape index (κ2) is 5.67. The SMILES string of the molecule is CC1CN(C(=O)CNC(C)(C)C(=O)O)CC(C)O1. The molecule has 0 aromatic heterocycles. The van der Waals surface area contributed by atoms with Crippen molar-refractivity contribution in [1.29, 1.82) is 0 Å². The summed E-state index contributed by atoms with van der Waals surface area (Å²) in [5.41, 5.74) is -1.10. The van der Waals surface area contributed by atoms with Gasteiger partial charge in [-0.25, -0.2) is 0 Å². The van der Waals surface area contributed by atoms with Gasteiger partial charge in [-0.2, -0.15) is 0 Å². The number of carbonyl (C=O) groups excluding carboxylic acids is 1. The Balaban J connectivity index is 2.48. The van der Waals surface area contributed by atoms with Gasteiger partial charge in [0, 0.05) is 13.1 Å². The Morgan fingerprint density at radius 1 is 1.33 bits per heavy atom. The van der Waals surface area contributed by atoms with Crippen LogP contribution in [0.1, 0.15) is 27.7 Å². The second-order valence-electron chi connectivity index (χ2n) is 5.34. The average Bonchev–Trinajstić information content (AvgIpc) is 2.24. The van der Waals surface area contributed by atoms with Crippen molar-refractivity contribution >= 4 is 11.9 Å². The quantitative estimate of drug-likeness (QED) is 0.746. The van der Waals surface area contributed by atoms with Gasteiger partial charge in [-0.05, 0) is 27.7 Å². The van der Waals surface area contributed by atoms with Crippen LogP contribution in [0.5, 0.6) is 0 Å². The Kier molecular flexibility index (Phi) is 4.70. The van der Waals surface area contributed by atoms with Gasteiger partial charge in [0.1, 0.15) is 5.54 Å². The van der Waals surface area contributed by atoms with Gasteiger partial charge in [-0.15, -0.1) is 0 Å². The van der Waals surface area contributed by atoms with E-state index in [1.807, 2.05) is 13.8 Å². The number of carbonyl (C=O) groups is 2. The lowest BCUT2D eigenvalue weighted by Crippen LogP contribution is -2.54. The largest absolute Gasteiger partial charge is 0.480 e. The van der Waals surface area contributed by atoms with Crippen LogP contribution >= 0.6 is 0 Å². The summed E-state index contributed by atoms with van der Waals surface area (Å²) >= 11 is 0. The molecule has 1 aliphatic heterocycles. The smallest absolute Gasteiger partial charge is 0.323 e. The zero-order chi connectivity index (χ0) is 13.9. The number of nitrogens with zero attached hydrogens (tertiary/aromatic N) is 1. The Morgan fingerprint density at radius 3 is 2.28 bits per heavy atom. The highest BCUT2D eigenvalue weighted by Gasteiger charge is 2.30. The predicted octanol–water partition coefficient (Wildman–Crippen LogP) is 0.0750. The summed E-state index contributed by atoms with van der Waals surface area (Å²) in [6.07, 6.45) is 0.0374. The third kappa shape index (κ3) is 3.96. The minimum absolute atomic E-state index is 0.0187. The molecule has 1 saturated heterocycles. The number of carboxylic acids is 1. The fraction of sp³-hybridized carbons (Fsp3) is 0.833. The van der Waals surface area contributed by atoms with Crippen LogP contribution in [-0.4, -0.2) is 59.3 Å². The number of nitrogens with one attached hydrogen (secondary N) is 1. The lowest BCUT2D eigenvalue weighted by Gasteiger charge is -2.36. The highest BCUT2D eigenvalue weighted by atomic mass is 16.5. The summed E-state index contributed by atoms with van der Waals surface area (Å²) < 4.78 is 5.54. The van der Waals surface area contributed by atoms with Crippen molar-refractivity contribution in [2.24, 2.45) is 0 Å². The van der Waals surface area contributed by atoms with Crippen molar-refractivity contribution in [1.82, 2.24) is 10.2 Å². The van der Waals surface area contributed by atoms with Gasteiger partial charge in [0.05, 0.1) is 18.8 Å². The highest BCUT2D eigenvalue weighted by Crippen LogP contribution is 2.11. The van der Waals surface area contributed by atoms with E-state index in [9.17, 15) is 9.59 Å². The Morgan fingerprint density at radius 2 is 1.83 bits per heavy atom. The first kappa shape index (κ1) is 14.9. The van der Waals surface area contributed by atoms with Crippen LogP contribution < -0.4 is 5.32 Å². The van der Waals surface area contributed by atoms with E-state index in [0.717, 1.165) is 0 Å². The van der Waals surface area contributed by atoms with Crippen LogP contribution in [0.2, 0.25) is 0 Å². The zero-order valence-corrected chi connectivity index (χ0v) is 11.4. The highest BCUT2D eigenvalue weighted by molar-refractivity contribution is 5.81. The number of hydrogen-bond acceptors (Lipinski definition) is 4. The van der Waals surface area contributed by atoms with Gasteiger partial charge in [0.2, 0.25) is 5.91 Å². The van der Waals surface area contributed by atoms with Crippen molar-refractivity contribution in [2.75, 3.05) is 19.6 Å². The molecule has 2 unspecified atom stereocenters. The van der Waals surface area contributed by atoms with Gasteiger partial charge >= 0.3 is 5.97 Å². The molecule has 0 aromatic carbocycles. The van der Waals surface area contributed by atoms with Crippen LogP contribution in [0.3, 0.4) is 0 Å². The molecule has 1 fully saturated rings. The topological polar surface area (TPSA) is 78.9 Å². The summed E-state index contributed by atoms with van der Waals surface area (Å²) in [4.78, 5) is 24.6. The van der Waals surface area contributed by atoms with E-state index in [0.29, 0.717) is 13.1 Å². The molecule has 104 valence electrons. The molecule has 0 radical (unpaired) electrons. The van der Waals surface area contributed by atoms with E-state index in [2.05, 4.69) is 5.32 Å². The van der Waals surface area contributed by atoms with Gasteiger partial charge in [-0.1, -0.05) is 0 Å². The fourth-order valence-corrected chi connectivity index (χ4v) is 1.87. The van der Waals surface area contributed by atoms with Gasteiger partial charge in [-0.3, -0.25) is 14.9 Å². The molecule has 1 rings (SSSR count). The molecular weight excluding hydrogens is 236 g/mol. The number of hydrogen-bond donors (Lipinski definition) is 2. The van der Waals surface area contributed by atoms with Crippen LogP contribution in [0.25, 0.3) is 0 Å². The van der Waals surface area contributed by atoms with Crippen LogP contribution in [0.15, 0.2) is 0 Å². The van der Waals surface area contributed by atoms with E-state index in [4.69, 9.17) is 9.84 Å². The number of amides is 1. The molecule has 0 bridgehead atoms. The van der Waals surface area contributed by atoms with Gasteiger partial charge in [0.25, 0.3) is 0 Å². The van der Waals surface area contributed by atoms with E-state index in [1.54, 1.807) is 4.90 Å². The number of carboxylic acid groups (broad SMARTS) is 1. The minimum atomic E-state index is -1.10. The predicted molar refractivity (Wildman–Crippen MR) is 66.3 cm³/mol. The average molecular weight is 258 g/mol. The third-order valence-corrected chi connectivity index (χ3v) is 2.99. The zero-order valence-electron chi connectivity index (χ0n) is 11.4. The molecule has 0 spiro atoms. The van der Waals surface area contributed by atoms with Crippen LogP contribution in [0.4, 0.5) is 0 Å². The standard InChI is InChI=1S/C12H22N2O4/c1-8-6-14(7-9(2)18-8)10(15)5-13-12(3,4)11(16)17/h8-9,13H,5-7H2,1-4H3,(H,16,17). The maximum Gasteiger partial charge on any atom is 0.323 e. The first-order valence-electron chi connectivity index (χ1n) is 6.14. The van der Waals surface area contributed by atoms with Crippen molar-refractivity contribution in [2.45, 2.75) is 45.4 Å². The maximum absolute atomic E-state index is 12.0. The monoisotopic (exact) mass is 258 g/mol. The molecule has 1 amide bonds. The number of aliphatic carboxylic acids is 1. The van der Waals surface area contributed by atoms with E-state index >= 15 is 0 Å². The van der Waals surface area contributed by atoms with E-state index in [1.165, 1.54) is 13.8 Å². The van der Waals surface area contributed by atoms with E-state index < -0.39 is 11.5 Å². The second-order valence-corrected chi connectivity index (χ2v) is 5.34. The Hall–Kier alpha value is -1.14. The fourth-order valence-electron chi connectivity index (χ4n) is 1.87. The first-order valence-corrected chi connectivity index (χ1v) is 6.14. The van der Waals surface area contributed by atoms with Crippen molar-refractivity contribution in [3.63, 3.8) is 0 Å².